The van der Waals surface area contributed by atoms with Crippen molar-refractivity contribution in [3.63, 3.8) is 0 Å². The van der Waals surface area contributed by atoms with Gasteiger partial charge in [-0.1, -0.05) is 23.8 Å². The molecular weight excluding hydrogens is 278 g/mol. The van der Waals surface area contributed by atoms with Gasteiger partial charge < -0.3 is 4.74 Å². The molecule has 0 amide bonds. The van der Waals surface area contributed by atoms with Crippen LogP contribution in [0.3, 0.4) is 0 Å². The zero-order valence-electron chi connectivity index (χ0n) is 11.2. The second-order valence-corrected chi connectivity index (χ2v) is 4.84. The van der Waals surface area contributed by atoms with Gasteiger partial charge in [-0.25, -0.2) is 0 Å². The number of alkyl halides is 1. The van der Waals surface area contributed by atoms with Gasteiger partial charge in [0.1, 0.15) is 5.75 Å². The number of benzene rings is 2. The van der Waals surface area contributed by atoms with Gasteiger partial charge in [0.2, 0.25) is 5.75 Å². The summed E-state index contributed by atoms with van der Waals surface area (Å²) in [6.07, 6.45) is 0. The smallest absolute Gasteiger partial charge is 0.311 e. The molecule has 0 spiro atoms. The highest BCUT2D eigenvalue weighted by Crippen LogP contribution is 2.34. The molecule has 5 heteroatoms. The third-order valence-electron chi connectivity index (χ3n) is 2.89. The summed E-state index contributed by atoms with van der Waals surface area (Å²) in [5, 5.41) is 11.0. The zero-order valence-corrected chi connectivity index (χ0v) is 12.0. The van der Waals surface area contributed by atoms with Crippen LogP contribution in [0.4, 0.5) is 5.69 Å². The number of nitro groups is 1. The van der Waals surface area contributed by atoms with Crippen LogP contribution >= 0.6 is 11.6 Å². The maximum Gasteiger partial charge on any atom is 0.311 e. The number of hydrogen-bond acceptors (Lipinski definition) is 3. The summed E-state index contributed by atoms with van der Waals surface area (Å²) in [5.41, 5.74) is 2.70. The number of rotatable bonds is 4. The molecule has 2 rings (SSSR count). The molecule has 0 saturated carbocycles. The average Bonchev–Trinajstić information content (AvgIpc) is 2.40. The van der Waals surface area contributed by atoms with Crippen molar-refractivity contribution in [1.29, 1.82) is 0 Å². The summed E-state index contributed by atoms with van der Waals surface area (Å²) in [6, 6.07) is 10.3. The van der Waals surface area contributed by atoms with Crippen molar-refractivity contribution in [3.8, 4) is 11.5 Å². The Kier molecular flexibility index (Phi) is 4.25. The minimum Gasteiger partial charge on any atom is -0.450 e. The molecule has 0 bridgehead atoms. The number of hydrogen-bond donors (Lipinski definition) is 0. The molecule has 0 fully saturated rings. The maximum absolute atomic E-state index is 11.0. The van der Waals surface area contributed by atoms with Crippen molar-refractivity contribution in [1.82, 2.24) is 0 Å². The number of ether oxygens (including phenoxy) is 1. The van der Waals surface area contributed by atoms with Crippen molar-refractivity contribution in [2.45, 2.75) is 19.7 Å². The van der Waals surface area contributed by atoms with E-state index in [4.69, 9.17) is 16.3 Å². The molecule has 0 radical (unpaired) electrons. The van der Waals surface area contributed by atoms with Crippen molar-refractivity contribution in [2.24, 2.45) is 0 Å². The largest absolute Gasteiger partial charge is 0.450 e. The number of nitro benzene ring substituents is 1. The van der Waals surface area contributed by atoms with E-state index in [1.54, 1.807) is 18.2 Å². The summed E-state index contributed by atoms with van der Waals surface area (Å²) >= 11 is 5.89. The summed E-state index contributed by atoms with van der Waals surface area (Å²) in [4.78, 5) is 10.6. The van der Waals surface area contributed by atoms with Crippen LogP contribution in [0.1, 0.15) is 16.7 Å². The third-order valence-corrected chi connectivity index (χ3v) is 3.18. The number of nitrogens with zero attached hydrogens (tertiary/aromatic N) is 1. The lowest BCUT2D eigenvalue weighted by Gasteiger charge is -2.11. The van der Waals surface area contributed by atoms with E-state index in [0.717, 1.165) is 16.7 Å². The van der Waals surface area contributed by atoms with E-state index in [9.17, 15) is 10.1 Å². The molecule has 4 nitrogen and oxygen atoms in total. The molecule has 0 unspecified atom stereocenters. The third kappa shape index (κ3) is 3.08. The second-order valence-electron chi connectivity index (χ2n) is 4.58. The van der Waals surface area contributed by atoms with Crippen molar-refractivity contribution in [2.75, 3.05) is 0 Å². The van der Waals surface area contributed by atoms with Gasteiger partial charge in [0.05, 0.1) is 10.8 Å². The highest BCUT2D eigenvalue weighted by Gasteiger charge is 2.16. The van der Waals surface area contributed by atoms with E-state index in [2.05, 4.69) is 0 Å². The lowest BCUT2D eigenvalue weighted by Crippen LogP contribution is -1.96. The maximum atomic E-state index is 11.0. The van der Waals surface area contributed by atoms with E-state index < -0.39 is 4.92 Å². The van der Waals surface area contributed by atoms with Gasteiger partial charge in [-0.2, -0.15) is 0 Å². The van der Waals surface area contributed by atoms with Crippen molar-refractivity contribution >= 4 is 17.3 Å². The summed E-state index contributed by atoms with van der Waals surface area (Å²) in [6.45, 7) is 3.81. The molecule has 104 valence electrons. The Labute approximate surface area is 122 Å². The first-order valence-electron chi connectivity index (χ1n) is 6.09. The highest BCUT2D eigenvalue weighted by molar-refractivity contribution is 6.17. The minimum atomic E-state index is -0.455. The van der Waals surface area contributed by atoms with Gasteiger partial charge in [0, 0.05) is 11.6 Å². The summed E-state index contributed by atoms with van der Waals surface area (Å²) in [7, 11) is 0. The van der Waals surface area contributed by atoms with Crippen LogP contribution in [0, 0.1) is 24.0 Å². The number of halogens is 1. The SMILES string of the molecule is Cc1ccc(Oc2cc(C)ccc2[N+](=O)[O-])c(CCl)c1. The van der Waals surface area contributed by atoms with E-state index in [1.807, 2.05) is 26.0 Å². The van der Waals surface area contributed by atoms with Crippen LogP contribution in [0.2, 0.25) is 0 Å². The Bertz CT molecular complexity index is 656. The molecule has 0 aliphatic carbocycles. The monoisotopic (exact) mass is 291 g/mol. The van der Waals surface area contributed by atoms with Crippen LogP contribution < -0.4 is 4.74 Å². The lowest BCUT2D eigenvalue weighted by atomic mass is 10.1. The van der Waals surface area contributed by atoms with E-state index in [1.165, 1.54) is 6.07 Å². The van der Waals surface area contributed by atoms with Gasteiger partial charge in [0.15, 0.2) is 0 Å². The fourth-order valence-electron chi connectivity index (χ4n) is 1.88. The predicted octanol–water partition coefficient (Wildman–Crippen LogP) is 4.74. The molecule has 0 aliphatic rings. The molecular formula is C15H14ClNO3. The van der Waals surface area contributed by atoms with Crippen LogP contribution in [-0.2, 0) is 5.88 Å². The van der Waals surface area contributed by atoms with Gasteiger partial charge in [0.25, 0.3) is 0 Å². The Morgan fingerprint density at radius 2 is 1.75 bits per heavy atom. The zero-order chi connectivity index (χ0) is 14.7. The molecule has 0 aromatic heterocycles. The fourth-order valence-corrected chi connectivity index (χ4v) is 2.09. The van der Waals surface area contributed by atoms with Crippen molar-refractivity contribution < 1.29 is 9.66 Å². The topological polar surface area (TPSA) is 52.4 Å². The van der Waals surface area contributed by atoms with Crippen LogP contribution in [0.5, 0.6) is 11.5 Å². The van der Waals surface area contributed by atoms with Crippen LogP contribution in [-0.4, -0.2) is 4.92 Å². The van der Waals surface area contributed by atoms with E-state index in [0.29, 0.717) is 5.75 Å². The Hall–Kier alpha value is -2.07. The first kappa shape index (κ1) is 14.3. The highest BCUT2D eigenvalue weighted by atomic mass is 35.5. The number of aryl methyl sites for hydroxylation is 2. The first-order chi connectivity index (χ1) is 9.51. The summed E-state index contributed by atoms with van der Waals surface area (Å²) in [5.74, 6) is 1.06. The molecule has 20 heavy (non-hydrogen) atoms. The molecule has 0 aliphatic heterocycles. The molecule has 2 aromatic carbocycles. The normalized spacial score (nSPS) is 10.3. The molecule has 0 saturated heterocycles. The van der Waals surface area contributed by atoms with E-state index >= 15 is 0 Å². The fraction of sp³-hybridized carbons (Fsp3) is 0.200. The lowest BCUT2D eigenvalue weighted by molar-refractivity contribution is -0.385. The first-order valence-corrected chi connectivity index (χ1v) is 6.63. The van der Waals surface area contributed by atoms with Crippen LogP contribution in [0.25, 0.3) is 0 Å². The Morgan fingerprint density at radius 3 is 2.40 bits per heavy atom. The van der Waals surface area contributed by atoms with Crippen LogP contribution in [0.15, 0.2) is 36.4 Å². The average molecular weight is 292 g/mol. The Morgan fingerprint density at radius 1 is 1.10 bits per heavy atom. The van der Waals surface area contributed by atoms with Crippen molar-refractivity contribution in [3.05, 3.63) is 63.2 Å². The molecule has 0 N–H and O–H groups in total. The predicted molar refractivity (Wildman–Crippen MR) is 78.6 cm³/mol. The standard InChI is InChI=1S/C15H14ClNO3/c1-10-4-6-14(12(7-10)9-16)20-15-8-11(2)3-5-13(15)17(18)19/h3-8H,9H2,1-2H3. The quantitative estimate of drug-likeness (QED) is 0.464. The summed E-state index contributed by atoms with van der Waals surface area (Å²) < 4.78 is 5.70. The van der Waals surface area contributed by atoms with Gasteiger partial charge in [-0.15, -0.1) is 11.6 Å². The molecule has 0 heterocycles. The van der Waals surface area contributed by atoms with E-state index in [-0.39, 0.29) is 17.3 Å². The van der Waals surface area contributed by atoms with Gasteiger partial charge >= 0.3 is 5.69 Å². The second kappa shape index (κ2) is 5.92. The Balaban J connectivity index is 2.44. The minimum absolute atomic E-state index is 0.0586. The molecule has 0 atom stereocenters. The molecule has 2 aromatic rings. The van der Waals surface area contributed by atoms with Gasteiger partial charge in [-0.05, 0) is 31.5 Å². The van der Waals surface area contributed by atoms with Gasteiger partial charge in [-0.3, -0.25) is 10.1 Å².